The van der Waals surface area contributed by atoms with Gasteiger partial charge >= 0.3 is 0 Å². The molecule has 2 unspecified atom stereocenters. The molecule has 0 aromatic rings. The second-order valence-corrected chi connectivity index (χ2v) is 4.72. The van der Waals surface area contributed by atoms with Crippen LogP contribution in [-0.2, 0) is 0 Å². The van der Waals surface area contributed by atoms with Crippen LogP contribution in [0.15, 0.2) is 0 Å². The van der Waals surface area contributed by atoms with E-state index in [-0.39, 0.29) is 18.7 Å². The van der Waals surface area contributed by atoms with E-state index in [0.717, 1.165) is 19.4 Å². The summed E-state index contributed by atoms with van der Waals surface area (Å²) in [5, 5.41) is 9.39. The van der Waals surface area contributed by atoms with Crippen LogP contribution in [0, 0.1) is 0 Å². The zero-order valence-corrected chi connectivity index (χ0v) is 10.3. The number of aliphatic hydroxyl groups excluding tert-OH is 1. The van der Waals surface area contributed by atoms with Gasteiger partial charge in [0.2, 0.25) is 0 Å². The third kappa shape index (κ3) is 3.40. The van der Waals surface area contributed by atoms with Gasteiger partial charge in [0, 0.05) is 6.04 Å². The molecule has 0 amide bonds. The van der Waals surface area contributed by atoms with Crippen molar-refractivity contribution in [1.29, 1.82) is 0 Å². The second kappa shape index (κ2) is 6.40. The van der Waals surface area contributed by atoms with Crippen molar-refractivity contribution in [3.8, 4) is 0 Å². The highest BCUT2D eigenvalue weighted by atomic mass is 32.1. The summed E-state index contributed by atoms with van der Waals surface area (Å²) in [6.45, 7) is 3.34. The molecule has 0 bridgehead atoms. The molecule has 0 saturated carbocycles. The molecule has 3 N–H and O–H groups in total. The van der Waals surface area contributed by atoms with Crippen molar-refractivity contribution < 1.29 is 5.11 Å². The van der Waals surface area contributed by atoms with Gasteiger partial charge in [-0.1, -0.05) is 32.0 Å². The molecule has 3 nitrogen and oxygen atoms in total. The van der Waals surface area contributed by atoms with Crippen LogP contribution in [0.4, 0.5) is 0 Å². The highest BCUT2D eigenvalue weighted by Gasteiger charge is 2.27. The largest absolute Gasteiger partial charge is 0.395 e. The summed E-state index contributed by atoms with van der Waals surface area (Å²) in [6.07, 6.45) is 5.65. The first-order valence-corrected chi connectivity index (χ1v) is 6.27. The molecule has 1 rings (SSSR count). The molecule has 1 fully saturated rings. The van der Waals surface area contributed by atoms with Gasteiger partial charge in [-0.2, -0.15) is 0 Å². The van der Waals surface area contributed by atoms with Gasteiger partial charge in [-0.15, -0.1) is 0 Å². The van der Waals surface area contributed by atoms with Gasteiger partial charge in [0.15, 0.2) is 0 Å². The molecule has 1 heterocycles. The lowest BCUT2D eigenvalue weighted by Crippen LogP contribution is -2.50. The summed E-state index contributed by atoms with van der Waals surface area (Å²) in [5.74, 6) is 0. The number of likely N-dealkylation sites (tertiary alicyclic amines) is 1. The molecule has 0 radical (unpaired) electrons. The number of thiocarbonyl (C=S) groups is 1. The number of hydrogen-bond acceptors (Lipinski definition) is 3. The summed E-state index contributed by atoms with van der Waals surface area (Å²) in [6, 6.07) is 0.411. The smallest absolute Gasteiger partial charge is 0.0902 e. The van der Waals surface area contributed by atoms with E-state index in [1.165, 1.54) is 19.3 Å². The van der Waals surface area contributed by atoms with E-state index in [0.29, 0.717) is 4.99 Å². The fourth-order valence-electron chi connectivity index (χ4n) is 2.41. The zero-order valence-electron chi connectivity index (χ0n) is 9.48. The molecular formula is C11H22N2OS. The van der Waals surface area contributed by atoms with Crippen molar-refractivity contribution in [3.05, 3.63) is 0 Å². The van der Waals surface area contributed by atoms with Crippen LogP contribution < -0.4 is 5.73 Å². The monoisotopic (exact) mass is 230 g/mol. The maximum absolute atomic E-state index is 9.39. The minimum absolute atomic E-state index is 0.162. The van der Waals surface area contributed by atoms with Crippen LogP contribution in [0.1, 0.15) is 39.0 Å². The quantitative estimate of drug-likeness (QED) is 0.715. The molecule has 1 saturated heterocycles. The Labute approximate surface area is 97.6 Å². The van der Waals surface area contributed by atoms with Gasteiger partial charge in [-0.3, -0.25) is 4.90 Å². The first-order valence-electron chi connectivity index (χ1n) is 5.86. The molecule has 0 aromatic heterocycles. The molecule has 1 aliphatic heterocycles. The molecule has 88 valence electrons. The average molecular weight is 230 g/mol. The Morgan fingerprint density at radius 1 is 1.53 bits per heavy atom. The van der Waals surface area contributed by atoms with Crippen LogP contribution in [0.3, 0.4) is 0 Å². The Bertz CT molecular complexity index is 211. The summed E-state index contributed by atoms with van der Waals surface area (Å²) >= 11 is 5.10. The van der Waals surface area contributed by atoms with Gasteiger partial charge in [0.1, 0.15) is 0 Å². The van der Waals surface area contributed by atoms with E-state index in [1.54, 1.807) is 0 Å². The van der Waals surface area contributed by atoms with Crippen molar-refractivity contribution in [2.45, 2.75) is 51.1 Å². The highest BCUT2D eigenvalue weighted by Crippen LogP contribution is 2.20. The Hall–Kier alpha value is -0.190. The maximum atomic E-state index is 9.39. The Kier molecular flexibility index (Phi) is 5.50. The molecule has 0 aromatic carbocycles. The van der Waals surface area contributed by atoms with Crippen LogP contribution in [0.2, 0.25) is 0 Å². The van der Waals surface area contributed by atoms with Crippen molar-refractivity contribution >= 4 is 17.2 Å². The minimum atomic E-state index is 0.162. The fourth-order valence-corrected chi connectivity index (χ4v) is 2.71. The van der Waals surface area contributed by atoms with Crippen molar-refractivity contribution in [2.75, 3.05) is 13.2 Å². The van der Waals surface area contributed by atoms with E-state index in [4.69, 9.17) is 18.0 Å². The van der Waals surface area contributed by atoms with Crippen LogP contribution in [0.25, 0.3) is 0 Å². The summed E-state index contributed by atoms with van der Waals surface area (Å²) in [7, 11) is 0. The number of hydrogen-bond donors (Lipinski definition) is 2. The standard InChI is InChI=1S/C11H22N2OS/c1-2-10(11(12)15)13-7-5-3-4-6-9(13)8-14/h9-10,14H,2-8H2,1H3,(H2,12,15). The fraction of sp³-hybridized carbons (Fsp3) is 0.909. The van der Waals surface area contributed by atoms with E-state index >= 15 is 0 Å². The van der Waals surface area contributed by atoms with E-state index in [9.17, 15) is 5.11 Å². The van der Waals surface area contributed by atoms with Gasteiger partial charge in [-0.05, 0) is 25.8 Å². The van der Waals surface area contributed by atoms with Gasteiger partial charge in [0.05, 0.1) is 17.6 Å². The number of nitrogens with two attached hydrogens (primary N) is 1. The first-order chi connectivity index (χ1) is 7.20. The van der Waals surface area contributed by atoms with Crippen LogP contribution in [0.5, 0.6) is 0 Å². The van der Waals surface area contributed by atoms with Crippen molar-refractivity contribution in [2.24, 2.45) is 5.73 Å². The average Bonchev–Trinajstić information content (AvgIpc) is 2.44. The third-order valence-corrected chi connectivity index (χ3v) is 3.52. The molecule has 15 heavy (non-hydrogen) atoms. The zero-order chi connectivity index (χ0) is 11.3. The van der Waals surface area contributed by atoms with Gasteiger partial charge in [-0.25, -0.2) is 0 Å². The van der Waals surface area contributed by atoms with Gasteiger partial charge < -0.3 is 10.8 Å². The lowest BCUT2D eigenvalue weighted by atomic mass is 10.1. The topological polar surface area (TPSA) is 49.5 Å². The third-order valence-electron chi connectivity index (χ3n) is 3.25. The molecule has 4 heteroatoms. The number of aliphatic hydroxyl groups is 1. The molecule has 0 aliphatic carbocycles. The lowest BCUT2D eigenvalue weighted by molar-refractivity contribution is 0.107. The summed E-state index contributed by atoms with van der Waals surface area (Å²) in [4.78, 5) is 2.87. The Morgan fingerprint density at radius 2 is 2.27 bits per heavy atom. The number of rotatable bonds is 4. The Morgan fingerprint density at radius 3 is 2.80 bits per heavy atom. The minimum Gasteiger partial charge on any atom is -0.395 e. The molecule has 0 spiro atoms. The molecule has 2 atom stereocenters. The summed E-state index contributed by atoms with van der Waals surface area (Å²) < 4.78 is 0. The van der Waals surface area contributed by atoms with Crippen LogP contribution >= 0.6 is 12.2 Å². The van der Waals surface area contributed by atoms with Gasteiger partial charge in [0.25, 0.3) is 0 Å². The highest BCUT2D eigenvalue weighted by molar-refractivity contribution is 7.80. The predicted molar refractivity (Wildman–Crippen MR) is 66.9 cm³/mol. The predicted octanol–water partition coefficient (Wildman–Crippen LogP) is 1.29. The molecular weight excluding hydrogens is 208 g/mol. The first kappa shape index (κ1) is 12.9. The van der Waals surface area contributed by atoms with E-state index in [2.05, 4.69) is 11.8 Å². The van der Waals surface area contributed by atoms with Crippen LogP contribution in [-0.4, -0.2) is 40.2 Å². The normalized spacial score (nSPS) is 25.9. The van der Waals surface area contributed by atoms with Crippen molar-refractivity contribution in [1.82, 2.24) is 4.90 Å². The molecule has 1 aliphatic rings. The van der Waals surface area contributed by atoms with E-state index < -0.39 is 0 Å². The lowest BCUT2D eigenvalue weighted by Gasteiger charge is -2.35. The number of nitrogens with zero attached hydrogens (tertiary/aromatic N) is 1. The van der Waals surface area contributed by atoms with E-state index in [1.807, 2.05) is 0 Å². The van der Waals surface area contributed by atoms with Crippen molar-refractivity contribution in [3.63, 3.8) is 0 Å². The second-order valence-electron chi connectivity index (χ2n) is 4.25. The SMILES string of the molecule is CCC(C(N)=S)N1CCCCCC1CO. The Balaban J connectivity index is 2.71. The summed E-state index contributed by atoms with van der Waals surface area (Å²) in [5.41, 5.74) is 5.75. The maximum Gasteiger partial charge on any atom is 0.0902 e.